The van der Waals surface area contributed by atoms with Gasteiger partial charge in [-0.1, -0.05) is 0 Å². The van der Waals surface area contributed by atoms with Crippen molar-refractivity contribution in [3.8, 4) is 0 Å². The number of nitrogens with one attached hydrogen (secondary N) is 1. The van der Waals surface area contributed by atoms with Crippen LogP contribution in [-0.4, -0.2) is 66.7 Å². The van der Waals surface area contributed by atoms with E-state index in [0.29, 0.717) is 18.7 Å². The van der Waals surface area contributed by atoms with Crippen molar-refractivity contribution in [1.82, 2.24) is 14.9 Å². The Balaban J connectivity index is 1.60. The van der Waals surface area contributed by atoms with Gasteiger partial charge in [0.05, 0.1) is 12.6 Å². The van der Waals surface area contributed by atoms with E-state index in [9.17, 15) is 4.79 Å². The molecule has 23 heavy (non-hydrogen) atoms. The van der Waals surface area contributed by atoms with E-state index in [-0.39, 0.29) is 5.91 Å². The van der Waals surface area contributed by atoms with E-state index >= 15 is 0 Å². The van der Waals surface area contributed by atoms with Gasteiger partial charge in [-0.3, -0.25) is 4.79 Å². The third-order valence-corrected chi connectivity index (χ3v) is 4.79. The van der Waals surface area contributed by atoms with Crippen molar-refractivity contribution in [2.75, 3.05) is 44.0 Å². The van der Waals surface area contributed by atoms with E-state index in [1.165, 1.54) is 0 Å². The summed E-state index contributed by atoms with van der Waals surface area (Å²) >= 11 is 0. The molecule has 1 aliphatic carbocycles. The highest BCUT2D eigenvalue weighted by atomic mass is 16.5. The maximum Gasteiger partial charge on any atom is 0.241 e. The Morgan fingerprint density at radius 3 is 2.70 bits per heavy atom. The number of aromatic nitrogens is 2. The van der Waals surface area contributed by atoms with Gasteiger partial charge >= 0.3 is 0 Å². The lowest BCUT2D eigenvalue weighted by Gasteiger charge is -2.33. The van der Waals surface area contributed by atoms with Crippen molar-refractivity contribution >= 4 is 17.5 Å². The predicted molar refractivity (Wildman–Crippen MR) is 88.6 cm³/mol. The Bertz CT molecular complexity index is 545. The van der Waals surface area contributed by atoms with Crippen LogP contribution in [-0.2, 0) is 9.53 Å². The molecule has 1 saturated carbocycles. The number of amides is 1. The fraction of sp³-hybridized carbons (Fsp3) is 0.688. The highest BCUT2D eigenvalue weighted by Gasteiger charge is 2.23. The van der Waals surface area contributed by atoms with Gasteiger partial charge in [-0.2, -0.15) is 0 Å². The molecule has 0 aromatic carbocycles. The minimum absolute atomic E-state index is 0.127. The lowest BCUT2D eigenvalue weighted by molar-refractivity contribution is -0.129. The summed E-state index contributed by atoms with van der Waals surface area (Å²) in [5.41, 5.74) is 0. The molecule has 1 N–H and O–H groups in total. The van der Waals surface area contributed by atoms with E-state index in [1.54, 1.807) is 18.3 Å². The Hall–Kier alpha value is -1.89. The Morgan fingerprint density at radius 1 is 1.22 bits per heavy atom. The molecule has 1 aromatic rings. The van der Waals surface area contributed by atoms with E-state index in [1.807, 2.05) is 18.0 Å². The molecule has 3 rings (SSSR count). The van der Waals surface area contributed by atoms with Crippen LogP contribution in [0.4, 0.5) is 11.6 Å². The summed E-state index contributed by atoms with van der Waals surface area (Å²) in [5.74, 6) is 1.78. The summed E-state index contributed by atoms with van der Waals surface area (Å²) in [5, 5.41) is 3.50. The number of hydrogen-bond donors (Lipinski definition) is 1. The Labute approximate surface area is 137 Å². The number of ether oxygens (including phenoxy) is 1. The van der Waals surface area contributed by atoms with Crippen molar-refractivity contribution in [3.63, 3.8) is 0 Å². The molecular formula is C16H25N5O2. The number of anilines is 2. The predicted octanol–water partition coefficient (Wildman–Crippen LogP) is 1.12. The lowest BCUT2D eigenvalue weighted by atomic mass is 9.93. The second-order valence-corrected chi connectivity index (χ2v) is 6.35. The monoisotopic (exact) mass is 319 g/mol. The molecule has 126 valence electrons. The first-order chi connectivity index (χ1) is 11.2. The van der Waals surface area contributed by atoms with E-state index in [4.69, 9.17) is 4.74 Å². The number of piperazine rings is 1. The number of carbonyl (C=O) groups excluding carboxylic acids is 1. The second kappa shape index (κ2) is 7.12. The summed E-state index contributed by atoms with van der Waals surface area (Å²) in [6.45, 7) is 1.91. The largest absolute Gasteiger partial charge is 0.381 e. The van der Waals surface area contributed by atoms with Gasteiger partial charge in [0, 0.05) is 39.4 Å². The molecular weight excluding hydrogens is 294 g/mol. The normalized spacial score (nSPS) is 25.6. The average molecular weight is 319 g/mol. The van der Waals surface area contributed by atoms with Crippen molar-refractivity contribution in [2.45, 2.75) is 37.8 Å². The highest BCUT2D eigenvalue weighted by molar-refractivity contribution is 5.82. The number of likely N-dealkylation sites (N-methyl/N-ethyl adjacent to an activating group) is 1. The van der Waals surface area contributed by atoms with Gasteiger partial charge in [-0.15, -0.1) is 0 Å². The van der Waals surface area contributed by atoms with Crippen LogP contribution >= 0.6 is 0 Å². The SMILES string of the molecule is COC1CCC(Nc2cc(N3CCN(C)C(=O)C3)ncn2)CC1. The first-order valence-corrected chi connectivity index (χ1v) is 8.26. The minimum atomic E-state index is 0.127. The van der Waals surface area contributed by atoms with Gasteiger partial charge in [-0.25, -0.2) is 9.97 Å². The molecule has 2 heterocycles. The second-order valence-electron chi connectivity index (χ2n) is 6.35. The van der Waals surface area contributed by atoms with Gasteiger partial charge in [0.1, 0.15) is 18.0 Å². The first-order valence-electron chi connectivity index (χ1n) is 8.26. The van der Waals surface area contributed by atoms with Crippen molar-refractivity contribution < 1.29 is 9.53 Å². The summed E-state index contributed by atoms with van der Waals surface area (Å²) in [7, 11) is 3.62. The van der Waals surface area contributed by atoms with Gasteiger partial charge in [0.15, 0.2) is 0 Å². The fourth-order valence-corrected chi connectivity index (χ4v) is 3.20. The third kappa shape index (κ3) is 3.90. The van der Waals surface area contributed by atoms with Crippen LogP contribution in [0.5, 0.6) is 0 Å². The molecule has 2 fully saturated rings. The highest BCUT2D eigenvalue weighted by Crippen LogP contribution is 2.24. The summed E-state index contributed by atoms with van der Waals surface area (Å²) < 4.78 is 5.41. The topological polar surface area (TPSA) is 70.6 Å². The van der Waals surface area contributed by atoms with Crippen LogP contribution in [0.15, 0.2) is 12.4 Å². The zero-order valence-corrected chi connectivity index (χ0v) is 13.9. The number of carbonyl (C=O) groups is 1. The molecule has 0 bridgehead atoms. The fourth-order valence-electron chi connectivity index (χ4n) is 3.20. The van der Waals surface area contributed by atoms with E-state index in [2.05, 4.69) is 15.3 Å². The molecule has 1 aliphatic heterocycles. The molecule has 0 unspecified atom stereocenters. The van der Waals surface area contributed by atoms with E-state index < -0.39 is 0 Å². The maximum absolute atomic E-state index is 11.9. The zero-order valence-electron chi connectivity index (χ0n) is 13.9. The smallest absolute Gasteiger partial charge is 0.241 e. The molecule has 7 heteroatoms. The molecule has 7 nitrogen and oxygen atoms in total. The van der Waals surface area contributed by atoms with Crippen molar-refractivity contribution in [1.29, 1.82) is 0 Å². The average Bonchev–Trinajstić information content (AvgIpc) is 2.58. The quantitative estimate of drug-likeness (QED) is 0.897. The number of methoxy groups -OCH3 is 1. The molecule has 0 atom stereocenters. The molecule has 1 saturated heterocycles. The maximum atomic E-state index is 11.9. The summed E-state index contributed by atoms with van der Waals surface area (Å²) in [6.07, 6.45) is 6.31. The number of rotatable bonds is 4. The van der Waals surface area contributed by atoms with E-state index in [0.717, 1.165) is 50.4 Å². The molecule has 0 radical (unpaired) electrons. The lowest BCUT2D eigenvalue weighted by Crippen LogP contribution is -2.48. The number of nitrogens with zero attached hydrogens (tertiary/aromatic N) is 4. The van der Waals surface area contributed by atoms with Crippen LogP contribution in [0.3, 0.4) is 0 Å². The van der Waals surface area contributed by atoms with Crippen LogP contribution in [0.25, 0.3) is 0 Å². The van der Waals surface area contributed by atoms with Crippen LogP contribution in [0.1, 0.15) is 25.7 Å². The Morgan fingerprint density at radius 2 is 2.00 bits per heavy atom. The van der Waals surface area contributed by atoms with Gasteiger partial charge in [0.25, 0.3) is 0 Å². The van der Waals surface area contributed by atoms with Crippen molar-refractivity contribution in [3.05, 3.63) is 12.4 Å². The van der Waals surface area contributed by atoms with Gasteiger partial charge < -0.3 is 19.9 Å². The molecule has 1 amide bonds. The first kappa shape index (κ1) is 16.0. The molecule has 2 aliphatic rings. The van der Waals surface area contributed by atoms with Gasteiger partial charge in [0.2, 0.25) is 5.91 Å². The van der Waals surface area contributed by atoms with Crippen LogP contribution in [0.2, 0.25) is 0 Å². The molecule has 1 aromatic heterocycles. The van der Waals surface area contributed by atoms with Crippen LogP contribution in [0, 0.1) is 0 Å². The number of hydrogen-bond acceptors (Lipinski definition) is 6. The summed E-state index contributed by atoms with van der Waals surface area (Å²) in [6, 6.07) is 2.37. The summed E-state index contributed by atoms with van der Waals surface area (Å²) in [4.78, 5) is 24.3. The zero-order chi connectivity index (χ0) is 16.2. The Kier molecular flexibility index (Phi) is 4.95. The van der Waals surface area contributed by atoms with Crippen molar-refractivity contribution in [2.24, 2.45) is 0 Å². The van der Waals surface area contributed by atoms with Gasteiger partial charge in [-0.05, 0) is 25.7 Å². The third-order valence-electron chi connectivity index (χ3n) is 4.79. The minimum Gasteiger partial charge on any atom is -0.381 e. The molecule has 0 spiro atoms. The van der Waals surface area contributed by atoms with Crippen LogP contribution < -0.4 is 10.2 Å². The standard InChI is InChI=1S/C16H25N5O2/c1-20-7-8-21(10-16(20)22)15-9-14(17-11-18-15)19-12-3-5-13(23-2)6-4-12/h9,11-13H,3-8,10H2,1-2H3,(H,17,18,19).